The molecular weight excluding hydrogens is 572 g/mol. The van der Waals surface area contributed by atoms with Gasteiger partial charge in [0.25, 0.3) is 11.8 Å². The van der Waals surface area contributed by atoms with Gasteiger partial charge in [-0.15, -0.1) is 0 Å². The average Bonchev–Trinajstić information content (AvgIpc) is 3.04. The van der Waals surface area contributed by atoms with Crippen molar-refractivity contribution < 1.29 is 19.1 Å². The lowest BCUT2D eigenvalue weighted by molar-refractivity contribution is 0.0827. The number of nitrogens with zero attached hydrogens (tertiary/aromatic N) is 5. The van der Waals surface area contributed by atoms with Crippen molar-refractivity contribution in [3.8, 4) is 0 Å². The number of rotatable bonds is 9. The number of morpholine rings is 1. The van der Waals surface area contributed by atoms with Crippen molar-refractivity contribution in [3.05, 3.63) is 83.3 Å². The van der Waals surface area contributed by atoms with E-state index in [9.17, 15) is 14.4 Å². The molecular formula is C33H40N8O4. The summed E-state index contributed by atoms with van der Waals surface area (Å²) in [6.45, 7) is 3.98. The van der Waals surface area contributed by atoms with E-state index in [-0.39, 0.29) is 23.8 Å². The summed E-state index contributed by atoms with van der Waals surface area (Å²) < 4.78 is 5.57. The highest BCUT2D eigenvalue weighted by atomic mass is 16.5. The zero-order chi connectivity index (χ0) is 31.9. The second-order valence-electron chi connectivity index (χ2n) is 11.5. The molecule has 0 saturated carbocycles. The van der Waals surface area contributed by atoms with Crippen LogP contribution in [0.25, 0.3) is 10.9 Å². The first-order valence-electron chi connectivity index (χ1n) is 15.0. The highest BCUT2D eigenvalue weighted by molar-refractivity contribution is 6.00. The van der Waals surface area contributed by atoms with E-state index in [2.05, 4.69) is 20.9 Å². The van der Waals surface area contributed by atoms with Crippen molar-refractivity contribution in [1.29, 1.82) is 0 Å². The van der Waals surface area contributed by atoms with Crippen molar-refractivity contribution in [3.63, 3.8) is 0 Å². The molecule has 1 aromatic heterocycles. The van der Waals surface area contributed by atoms with Crippen LogP contribution in [0, 0.1) is 0 Å². The predicted octanol–water partition coefficient (Wildman–Crippen LogP) is 3.21. The van der Waals surface area contributed by atoms with Gasteiger partial charge in [0.05, 0.1) is 18.7 Å². The molecule has 1 unspecified atom stereocenters. The first-order chi connectivity index (χ1) is 21.7. The Labute approximate surface area is 263 Å². The Morgan fingerprint density at radius 3 is 2.36 bits per heavy atom. The molecule has 0 bridgehead atoms. The molecule has 0 radical (unpaired) electrons. The number of urea groups is 1. The van der Waals surface area contributed by atoms with Crippen LogP contribution in [0.4, 0.5) is 16.3 Å². The first-order valence-corrected chi connectivity index (χ1v) is 15.0. The standard InChI is InChI=1S/C33H40N8O4/c1-39(2)16-15-34-31(42)24-9-14-27-28(21-24)37-29(38-30(27)41-17-19-45-20-18-41)22-5-10-25(11-6-22)35-33(44)36-26-12-7-23(8-13-26)32(43)40(3)4/h5,7-14,21-22H,6,15-20H2,1-4H3,(H,34,42)(H2,35,36,44). The van der Waals surface area contributed by atoms with Crippen LogP contribution in [0.2, 0.25) is 0 Å². The predicted molar refractivity (Wildman–Crippen MR) is 175 cm³/mol. The van der Waals surface area contributed by atoms with Gasteiger partial charge in [0, 0.05) is 74.1 Å². The molecule has 4 amide bonds. The van der Waals surface area contributed by atoms with Crippen LogP contribution in [0.5, 0.6) is 0 Å². The number of anilines is 2. The van der Waals surface area contributed by atoms with Gasteiger partial charge in [-0.05, 0) is 69.1 Å². The second-order valence-corrected chi connectivity index (χ2v) is 11.5. The van der Waals surface area contributed by atoms with E-state index in [1.807, 2.05) is 55.4 Å². The maximum atomic E-state index is 12.9. The van der Waals surface area contributed by atoms with E-state index in [0.29, 0.717) is 60.0 Å². The number of amides is 4. The smallest absolute Gasteiger partial charge is 0.323 e. The summed E-state index contributed by atoms with van der Waals surface area (Å²) >= 11 is 0. The lowest BCUT2D eigenvalue weighted by Crippen LogP contribution is -2.37. The van der Waals surface area contributed by atoms with Crippen molar-refractivity contribution >= 4 is 40.3 Å². The minimum absolute atomic E-state index is 0.105. The quantitative estimate of drug-likeness (QED) is 0.336. The van der Waals surface area contributed by atoms with Gasteiger partial charge in [-0.2, -0.15) is 0 Å². The zero-order valence-electron chi connectivity index (χ0n) is 26.2. The van der Waals surface area contributed by atoms with Crippen LogP contribution in [0.3, 0.4) is 0 Å². The monoisotopic (exact) mass is 612 g/mol. The second kappa shape index (κ2) is 14.3. The molecule has 0 spiro atoms. The topological polar surface area (TPSA) is 132 Å². The number of ether oxygens (including phenoxy) is 1. The van der Waals surface area contributed by atoms with Crippen LogP contribution in [-0.2, 0) is 4.74 Å². The summed E-state index contributed by atoms with van der Waals surface area (Å²) in [6.07, 6.45) is 6.37. The molecule has 236 valence electrons. The van der Waals surface area contributed by atoms with E-state index in [4.69, 9.17) is 14.7 Å². The third-order valence-corrected chi connectivity index (χ3v) is 7.60. The number of carbonyl (C=O) groups excluding carboxylic acids is 3. The summed E-state index contributed by atoms with van der Waals surface area (Å²) in [6, 6.07) is 11.9. The summed E-state index contributed by atoms with van der Waals surface area (Å²) in [5.74, 6) is 1.13. The van der Waals surface area contributed by atoms with Gasteiger partial charge in [-0.25, -0.2) is 14.8 Å². The fourth-order valence-corrected chi connectivity index (χ4v) is 5.10. The van der Waals surface area contributed by atoms with E-state index in [1.165, 1.54) is 4.90 Å². The molecule has 1 fully saturated rings. The Bertz CT molecular complexity index is 1610. The van der Waals surface area contributed by atoms with Gasteiger partial charge in [-0.1, -0.05) is 12.2 Å². The largest absolute Gasteiger partial charge is 0.378 e. The van der Waals surface area contributed by atoms with Gasteiger partial charge in [0.15, 0.2) is 0 Å². The third kappa shape index (κ3) is 8.02. The highest BCUT2D eigenvalue weighted by Crippen LogP contribution is 2.31. The first kappa shape index (κ1) is 31.6. The summed E-state index contributed by atoms with van der Waals surface area (Å²) in [5.41, 5.74) is 3.04. The van der Waals surface area contributed by atoms with E-state index >= 15 is 0 Å². The molecule has 12 nitrogen and oxygen atoms in total. The average molecular weight is 613 g/mol. The van der Waals surface area contributed by atoms with Crippen molar-refractivity contribution in [1.82, 2.24) is 30.4 Å². The number of nitrogens with one attached hydrogen (secondary N) is 3. The molecule has 3 aromatic rings. The van der Waals surface area contributed by atoms with Crippen molar-refractivity contribution in [2.45, 2.75) is 12.3 Å². The molecule has 2 aromatic carbocycles. The number of likely N-dealkylation sites (N-methyl/N-ethyl adjacent to an activating group) is 1. The van der Waals surface area contributed by atoms with Crippen molar-refractivity contribution in [2.75, 3.05) is 77.8 Å². The van der Waals surface area contributed by atoms with Gasteiger partial charge < -0.3 is 35.4 Å². The number of benzene rings is 2. The molecule has 12 heteroatoms. The van der Waals surface area contributed by atoms with Crippen molar-refractivity contribution in [2.24, 2.45) is 0 Å². The molecule has 2 aliphatic rings. The summed E-state index contributed by atoms with van der Waals surface area (Å²) in [7, 11) is 7.32. The Balaban J connectivity index is 1.29. The maximum Gasteiger partial charge on any atom is 0.323 e. The molecule has 45 heavy (non-hydrogen) atoms. The van der Waals surface area contributed by atoms with Gasteiger partial charge >= 0.3 is 6.03 Å². The van der Waals surface area contributed by atoms with E-state index in [1.54, 1.807) is 38.4 Å². The SMILES string of the molecule is CN(C)CCNC(=O)c1ccc2c(N3CCOCC3)nc(C3C=CC(NC(=O)Nc4ccc(C(=O)N(C)C)cc4)=CC3)nc2c1. The maximum absolute atomic E-state index is 12.9. The number of aromatic nitrogens is 2. The third-order valence-electron chi connectivity index (χ3n) is 7.60. The van der Waals surface area contributed by atoms with E-state index < -0.39 is 0 Å². The molecule has 1 atom stereocenters. The minimum Gasteiger partial charge on any atom is -0.378 e. The molecule has 5 rings (SSSR count). The Morgan fingerprint density at radius 2 is 1.69 bits per heavy atom. The molecule has 1 saturated heterocycles. The van der Waals surface area contributed by atoms with Gasteiger partial charge in [0.1, 0.15) is 11.6 Å². The van der Waals surface area contributed by atoms with Crippen LogP contribution in [0.1, 0.15) is 38.9 Å². The fraction of sp³-hybridized carbons (Fsp3) is 0.364. The number of hydrogen-bond acceptors (Lipinski definition) is 8. The molecule has 1 aliphatic carbocycles. The Hall–Kier alpha value is -4.81. The molecule has 2 heterocycles. The number of carbonyl (C=O) groups is 3. The Morgan fingerprint density at radius 1 is 0.956 bits per heavy atom. The van der Waals surface area contributed by atoms with Crippen LogP contribution >= 0.6 is 0 Å². The Kier molecular flexibility index (Phi) is 10.1. The number of fused-ring (bicyclic) bond motifs is 1. The fourth-order valence-electron chi connectivity index (χ4n) is 5.10. The molecule has 3 N–H and O–H groups in total. The lowest BCUT2D eigenvalue weighted by atomic mass is 9.98. The molecule has 1 aliphatic heterocycles. The van der Waals surface area contributed by atoms with E-state index in [0.717, 1.165) is 30.8 Å². The number of hydrogen-bond donors (Lipinski definition) is 3. The normalized spacial score (nSPS) is 16.3. The van der Waals surface area contributed by atoms with Crippen LogP contribution in [0.15, 0.2) is 66.4 Å². The van der Waals surface area contributed by atoms with Crippen LogP contribution in [-0.4, -0.2) is 105 Å². The summed E-state index contributed by atoms with van der Waals surface area (Å²) in [4.78, 5) is 53.3. The number of allylic oxidation sites excluding steroid dienone is 3. The summed E-state index contributed by atoms with van der Waals surface area (Å²) in [5, 5.41) is 9.53. The minimum atomic E-state index is -0.385. The van der Waals surface area contributed by atoms with Gasteiger partial charge in [0.2, 0.25) is 0 Å². The lowest BCUT2D eigenvalue weighted by Gasteiger charge is -2.29. The highest BCUT2D eigenvalue weighted by Gasteiger charge is 2.22. The zero-order valence-corrected chi connectivity index (χ0v) is 26.2. The van der Waals surface area contributed by atoms with Gasteiger partial charge in [-0.3, -0.25) is 9.59 Å². The van der Waals surface area contributed by atoms with Crippen LogP contribution < -0.4 is 20.9 Å².